The monoisotopic (exact) mass is 332 g/mol. The molecule has 0 spiro atoms. The van der Waals surface area contributed by atoms with Crippen molar-refractivity contribution >= 4 is 0 Å². The second-order valence-electron chi connectivity index (χ2n) is 12.2. The smallest absolute Gasteiger partial charge is 0.0352 e. The Bertz CT molecular complexity index is 398. The predicted molar refractivity (Wildman–Crippen MR) is 106 cm³/mol. The van der Waals surface area contributed by atoms with E-state index >= 15 is 0 Å². The van der Waals surface area contributed by atoms with Crippen LogP contribution in [-0.4, -0.2) is 0 Å². The van der Waals surface area contributed by atoms with E-state index in [1.54, 1.807) is 25.7 Å². The van der Waals surface area contributed by atoms with Crippen LogP contribution in [0.3, 0.4) is 0 Å². The summed E-state index contributed by atoms with van der Waals surface area (Å²) in [6.07, 6.45) is 12.2. The van der Waals surface area contributed by atoms with E-state index < -0.39 is 0 Å². The molecule has 6 unspecified atom stereocenters. The van der Waals surface area contributed by atoms with Crippen molar-refractivity contribution in [2.45, 2.75) is 99.8 Å². The van der Waals surface area contributed by atoms with Crippen LogP contribution in [0.1, 0.15) is 99.8 Å². The van der Waals surface area contributed by atoms with Crippen molar-refractivity contribution in [3.63, 3.8) is 0 Å². The quantitative estimate of drug-likeness (QED) is 0.464. The highest BCUT2D eigenvalue weighted by atomic mass is 14.5. The van der Waals surface area contributed by atoms with Gasteiger partial charge in [-0.15, -0.1) is 0 Å². The molecule has 0 aromatic rings. The molecule has 0 aromatic carbocycles. The summed E-state index contributed by atoms with van der Waals surface area (Å²) in [6.45, 7) is 17.5. The maximum absolute atomic E-state index is 2.52. The standard InChI is InChI=1S/C24H44/c1-16-11-17-9-8-10-21(22(17)12-16)18-13-19(23(2,3)4)15-20(14-18)24(5,6)7/h16-22H,8-15H2,1-7H3. The van der Waals surface area contributed by atoms with Gasteiger partial charge in [-0.05, 0) is 90.8 Å². The summed E-state index contributed by atoms with van der Waals surface area (Å²) in [5.74, 6) is 7.11. The van der Waals surface area contributed by atoms with Gasteiger partial charge in [0.1, 0.15) is 0 Å². The molecule has 140 valence electrons. The topological polar surface area (TPSA) is 0 Å². The van der Waals surface area contributed by atoms with Gasteiger partial charge >= 0.3 is 0 Å². The van der Waals surface area contributed by atoms with Gasteiger partial charge in [-0.3, -0.25) is 0 Å². The molecule has 0 aliphatic heterocycles. The lowest BCUT2D eigenvalue weighted by Gasteiger charge is -2.50. The van der Waals surface area contributed by atoms with Crippen LogP contribution in [0.4, 0.5) is 0 Å². The normalized spacial score (nSPS) is 44.4. The summed E-state index contributed by atoms with van der Waals surface area (Å²) in [7, 11) is 0. The molecular weight excluding hydrogens is 288 g/mol. The first-order valence-corrected chi connectivity index (χ1v) is 11.1. The van der Waals surface area contributed by atoms with Gasteiger partial charge in [0.25, 0.3) is 0 Å². The highest BCUT2D eigenvalue weighted by molar-refractivity contribution is 4.97. The van der Waals surface area contributed by atoms with E-state index in [2.05, 4.69) is 48.5 Å². The molecule has 0 heteroatoms. The van der Waals surface area contributed by atoms with Crippen LogP contribution in [0.25, 0.3) is 0 Å². The molecule has 0 bridgehead atoms. The van der Waals surface area contributed by atoms with E-state index in [9.17, 15) is 0 Å². The second kappa shape index (κ2) is 6.62. The SMILES string of the molecule is CC1CC2CCCC(C3CC(C(C)(C)C)CC(C(C)(C)C)C3)C2C1. The summed E-state index contributed by atoms with van der Waals surface area (Å²) in [5.41, 5.74) is 0.971. The van der Waals surface area contributed by atoms with E-state index in [1.165, 1.54) is 25.7 Å². The first kappa shape index (κ1) is 18.8. The van der Waals surface area contributed by atoms with E-state index in [0.717, 1.165) is 41.4 Å². The van der Waals surface area contributed by atoms with Crippen LogP contribution in [0.2, 0.25) is 0 Å². The fourth-order valence-corrected chi connectivity index (χ4v) is 6.84. The molecule has 3 fully saturated rings. The molecule has 0 heterocycles. The minimum absolute atomic E-state index is 0.485. The predicted octanol–water partition coefficient (Wildman–Crippen LogP) is 7.57. The first-order chi connectivity index (χ1) is 11.1. The average Bonchev–Trinajstić information content (AvgIpc) is 2.84. The number of hydrogen-bond acceptors (Lipinski definition) is 0. The molecule has 0 saturated heterocycles. The summed E-state index contributed by atoms with van der Waals surface area (Å²) in [6, 6.07) is 0. The Kier molecular flexibility index (Phi) is 5.18. The van der Waals surface area contributed by atoms with Gasteiger partial charge in [-0.2, -0.15) is 0 Å². The molecule has 0 N–H and O–H groups in total. The highest BCUT2D eigenvalue weighted by Gasteiger charge is 2.47. The zero-order valence-corrected chi connectivity index (χ0v) is 17.7. The summed E-state index contributed by atoms with van der Waals surface area (Å²) in [5, 5.41) is 0. The lowest BCUT2D eigenvalue weighted by Crippen LogP contribution is -2.41. The lowest BCUT2D eigenvalue weighted by molar-refractivity contribution is -0.000335. The van der Waals surface area contributed by atoms with Gasteiger partial charge in [0.2, 0.25) is 0 Å². The van der Waals surface area contributed by atoms with Crippen molar-refractivity contribution in [3.05, 3.63) is 0 Å². The fourth-order valence-electron chi connectivity index (χ4n) is 6.84. The molecule has 0 nitrogen and oxygen atoms in total. The maximum Gasteiger partial charge on any atom is -0.0352 e. The van der Waals surface area contributed by atoms with Crippen LogP contribution < -0.4 is 0 Å². The summed E-state index contributed by atoms with van der Waals surface area (Å²) < 4.78 is 0. The fraction of sp³-hybridized carbons (Fsp3) is 1.00. The number of fused-ring (bicyclic) bond motifs is 1. The Morgan fingerprint density at radius 2 is 1.17 bits per heavy atom. The van der Waals surface area contributed by atoms with Gasteiger partial charge in [-0.25, -0.2) is 0 Å². The van der Waals surface area contributed by atoms with Gasteiger partial charge in [0.15, 0.2) is 0 Å². The summed E-state index contributed by atoms with van der Waals surface area (Å²) in [4.78, 5) is 0. The molecular formula is C24H44. The van der Waals surface area contributed by atoms with E-state index in [-0.39, 0.29) is 0 Å². The third-order valence-electron chi connectivity index (χ3n) is 8.45. The number of rotatable bonds is 1. The van der Waals surface area contributed by atoms with Crippen molar-refractivity contribution in [2.24, 2.45) is 52.3 Å². The Morgan fingerprint density at radius 1 is 0.583 bits per heavy atom. The van der Waals surface area contributed by atoms with Crippen molar-refractivity contribution < 1.29 is 0 Å². The van der Waals surface area contributed by atoms with Gasteiger partial charge in [-0.1, -0.05) is 61.3 Å². The second-order valence-corrected chi connectivity index (χ2v) is 12.2. The Morgan fingerprint density at radius 3 is 1.71 bits per heavy atom. The average molecular weight is 333 g/mol. The molecule has 0 amide bonds. The van der Waals surface area contributed by atoms with E-state index in [1.807, 2.05) is 0 Å². The third kappa shape index (κ3) is 3.88. The first-order valence-electron chi connectivity index (χ1n) is 11.1. The molecule has 24 heavy (non-hydrogen) atoms. The third-order valence-corrected chi connectivity index (χ3v) is 8.45. The molecule has 3 aliphatic carbocycles. The summed E-state index contributed by atoms with van der Waals surface area (Å²) >= 11 is 0. The van der Waals surface area contributed by atoms with Gasteiger partial charge < -0.3 is 0 Å². The zero-order chi connectivity index (χ0) is 17.7. The molecule has 0 aromatic heterocycles. The minimum Gasteiger partial charge on any atom is -0.0625 e. The molecule has 0 radical (unpaired) electrons. The molecule has 6 atom stereocenters. The van der Waals surface area contributed by atoms with Crippen molar-refractivity contribution in [3.8, 4) is 0 Å². The van der Waals surface area contributed by atoms with Crippen LogP contribution in [0, 0.1) is 52.3 Å². The van der Waals surface area contributed by atoms with Crippen molar-refractivity contribution in [2.75, 3.05) is 0 Å². The molecule has 3 rings (SSSR count). The van der Waals surface area contributed by atoms with Crippen LogP contribution in [0.15, 0.2) is 0 Å². The van der Waals surface area contributed by atoms with E-state index in [4.69, 9.17) is 0 Å². The maximum atomic E-state index is 2.52. The minimum atomic E-state index is 0.485. The number of hydrogen-bond donors (Lipinski definition) is 0. The van der Waals surface area contributed by atoms with Crippen molar-refractivity contribution in [1.82, 2.24) is 0 Å². The van der Waals surface area contributed by atoms with Crippen LogP contribution in [-0.2, 0) is 0 Å². The lowest BCUT2D eigenvalue weighted by atomic mass is 9.55. The van der Waals surface area contributed by atoms with Crippen molar-refractivity contribution in [1.29, 1.82) is 0 Å². The molecule has 3 saturated carbocycles. The Labute approximate surface area is 152 Å². The van der Waals surface area contributed by atoms with E-state index in [0.29, 0.717) is 10.8 Å². The van der Waals surface area contributed by atoms with Gasteiger partial charge in [0.05, 0.1) is 0 Å². The van der Waals surface area contributed by atoms with Crippen LogP contribution in [0.5, 0.6) is 0 Å². The van der Waals surface area contributed by atoms with Crippen LogP contribution >= 0.6 is 0 Å². The zero-order valence-electron chi connectivity index (χ0n) is 17.7. The Balaban J connectivity index is 1.80. The van der Waals surface area contributed by atoms with Gasteiger partial charge in [0, 0.05) is 0 Å². The largest absolute Gasteiger partial charge is 0.0625 e. The Hall–Kier alpha value is 0. The molecule has 3 aliphatic rings. The highest BCUT2D eigenvalue weighted by Crippen LogP contribution is 2.56.